The Labute approximate surface area is 103 Å². The number of hydrogen-bond acceptors (Lipinski definition) is 1. The van der Waals surface area contributed by atoms with Gasteiger partial charge < -0.3 is 4.90 Å². The molecule has 0 unspecified atom stereocenters. The Morgan fingerprint density at radius 1 is 0.944 bits per heavy atom. The van der Waals surface area contributed by atoms with Crippen LogP contribution in [0.25, 0.3) is 0 Å². The Kier molecular flexibility index (Phi) is 3.89. The van der Waals surface area contributed by atoms with Crippen LogP contribution in [-0.2, 0) is 0 Å². The van der Waals surface area contributed by atoms with E-state index < -0.39 is 23.4 Å². The van der Waals surface area contributed by atoms with Gasteiger partial charge in [-0.25, -0.2) is 13.2 Å². The highest BCUT2D eigenvalue weighted by Gasteiger charge is 2.20. The van der Waals surface area contributed by atoms with Crippen LogP contribution in [0.15, 0.2) is 12.1 Å². The molecule has 2 rings (SSSR count). The lowest BCUT2D eigenvalue weighted by Gasteiger charge is -2.20. The van der Waals surface area contributed by atoms with Crippen LogP contribution in [0.4, 0.5) is 13.2 Å². The molecule has 1 saturated heterocycles. The van der Waals surface area contributed by atoms with Crippen molar-refractivity contribution in [2.75, 3.05) is 13.1 Å². The SMILES string of the molecule is O=C(c1cc(F)c(F)c(F)c1)N1CCCCCC1. The van der Waals surface area contributed by atoms with Gasteiger partial charge in [0.25, 0.3) is 5.91 Å². The van der Waals surface area contributed by atoms with Crippen molar-refractivity contribution in [2.24, 2.45) is 0 Å². The van der Waals surface area contributed by atoms with Gasteiger partial charge in [-0.2, -0.15) is 0 Å². The van der Waals surface area contributed by atoms with Crippen molar-refractivity contribution >= 4 is 5.91 Å². The fourth-order valence-electron chi connectivity index (χ4n) is 2.14. The molecule has 0 aromatic heterocycles. The number of carbonyl (C=O) groups is 1. The number of hydrogen-bond donors (Lipinski definition) is 0. The van der Waals surface area contributed by atoms with Crippen molar-refractivity contribution in [2.45, 2.75) is 25.7 Å². The number of nitrogens with zero attached hydrogens (tertiary/aromatic N) is 1. The quantitative estimate of drug-likeness (QED) is 0.708. The van der Waals surface area contributed by atoms with Crippen LogP contribution in [0.2, 0.25) is 0 Å². The second-order valence-corrected chi connectivity index (χ2v) is 4.46. The van der Waals surface area contributed by atoms with E-state index in [2.05, 4.69) is 0 Å². The molecule has 1 aromatic carbocycles. The van der Waals surface area contributed by atoms with Crippen molar-refractivity contribution < 1.29 is 18.0 Å². The third kappa shape index (κ3) is 2.66. The molecule has 0 aliphatic carbocycles. The summed E-state index contributed by atoms with van der Waals surface area (Å²) in [5, 5.41) is 0. The van der Waals surface area contributed by atoms with Crippen molar-refractivity contribution in [3.05, 3.63) is 35.1 Å². The maximum Gasteiger partial charge on any atom is 0.254 e. The molecule has 0 bridgehead atoms. The maximum atomic E-state index is 13.1. The molecule has 18 heavy (non-hydrogen) atoms. The van der Waals surface area contributed by atoms with Crippen LogP contribution < -0.4 is 0 Å². The molecule has 1 aliphatic rings. The van der Waals surface area contributed by atoms with Gasteiger partial charge in [0, 0.05) is 18.7 Å². The predicted molar refractivity (Wildman–Crippen MR) is 60.7 cm³/mol. The first-order valence-corrected chi connectivity index (χ1v) is 6.03. The standard InChI is InChI=1S/C13H14F3NO/c14-10-7-9(8-11(15)12(10)16)13(18)17-5-3-1-2-4-6-17/h7-8H,1-6H2. The minimum atomic E-state index is -1.54. The van der Waals surface area contributed by atoms with Crippen LogP contribution in [0.1, 0.15) is 36.0 Å². The Morgan fingerprint density at radius 3 is 1.94 bits per heavy atom. The number of rotatable bonds is 1. The summed E-state index contributed by atoms with van der Waals surface area (Å²) in [6, 6.07) is 1.51. The number of amides is 1. The van der Waals surface area contributed by atoms with Crippen LogP contribution in [0, 0.1) is 17.5 Å². The van der Waals surface area contributed by atoms with Crippen molar-refractivity contribution in [1.29, 1.82) is 0 Å². The molecule has 98 valence electrons. The summed E-state index contributed by atoms with van der Waals surface area (Å²) >= 11 is 0. The van der Waals surface area contributed by atoms with E-state index in [1.54, 1.807) is 4.90 Å². The summed E-state index contributed by atoms with van der Waals surface area (Å²) in [5.74, 6) is -4.63. The minimum absolute atomic E-state index is 0.131. The molecule has 1 aromatic rings. The van der Waals surface area contributed by atoms with Crippen molar-refractivity contribution in [3.8, 4) is 0 Å². The largest absolute Gasteiger partial charge is 0.339 e. The molecule has 1 heterocycles. The van der Waals surface area contributed by atoms with E-state index in [9.17, 15) is 18.0 Å². The average Bonchev–Trinajstić information content (AvgIpc) is 2.63. The summed E-state index contributed by atoms with van der Waals surface area (Å²) < 4.78 is 38.9. The van der Waals surface area contributed by atoms with Gasteiger partial charge in [-0.3, -0.25) is 4.79 Å². The molecular weight excluding hydrogens is 243 g/mol. The second kappa shape index (κ2) is 5.42. The van der Waals surface area contributed by atoms with Crippen molar-refractivity contribution in [3.63, 3.8) is 0 Å². The highest BCUT2D eigenvalue weighted by Crippen LogP contribution is 2.17. The van der Waals surface area contributed by atoms with E-state index in [4.69, 9.17) is 0 Å². The zero-order valence-electron chi connectivity index (χ0n) is 9.89. The van der Waals surface area contributed by atoms with Crippen LogP contribution in [0.3, 0.4) is 0 Å². The summed E-state index contributed by atoms with van der Waals surface area (Å²) in [4.78, 5) is 13.6. The molecule has 1 amide bonds. The van der Waals surface area contributed by atoms with Gasteiger partial charge in [0.05, 0.1) is 0 Å². The number of likely N-dealkylation sites (tertiary alicyclic amines) is 1. The van der Waals surface area contributed by atoms with Gasteiger partial charge in [-0.15, -0.1) is 0 Å². The molecule has 1 aliphatic heterocycles. The Balaban J connectivity index is 2.22. The lowest BCUT2D eigenvalue weighted by Crippen LogP contribution is -2.32. The summed E-state index contributed by atoms with van der Waals surface area (Å²) in [5.41, 5.74) is -0.131. The topological polar surface area (TPSA) is 20.3 Å². The van der Waals surface area contributed by atoms with E-state index in [1.807, 2.05) is 0 Å². The Hall–Kier alpha value is -1.52. The first-order valence-electron chi connectivity index (χ1n) is 6.03. The first-order chi connectivity index (χ1) is 8.59. The average molecular weight is 257 g/mol. The van der Waals surface area contributed by atoms with Gasteiger partial charge in [-0.1, -0.05) is 12.8 Å². The fourth-order valence-corrected chi connectivity index (χ4v) is 2.14. The van der Waals surface area contributed by atoms with Crippen LogP contribution in [-0.4, -0.2) is 23.9 Å². The minimum Gasteiger partial charge on any atom is -0.339 e. The lowest BCUT2D eigenvalue weighted by molar-refractivity contribution is 0.0760. The van der Waals surface area contributed by atoms with E-state index in [0.29, 0.717) is 13.1 Å². The number of carbonyl (C=O) groups excluding carboxylic acids is 1. The molecule has 0 saturated carbocycles. The second-order valence-electron chi connectivity index (χ2n) is 4.46. The maximum absolute atomic E-state index is 13.1. The van der Waals surface area contributed by atoms with Crippen molar-refractivity contribution in [1.82, 2.24) is 4.90 Å². The van der Waals surface area contributed by atoms with Crippen LogP contribution >= 0.6 is 0 Å². The zero-order chi connectivity index (χ0) is 13.1. The highest BCUT2D eigenvalue weighted by molar-refractivity contribution is 5.94. The summed E-state index contributed by atoms with van der Waals surface area (Å²) in [6.07, 6.45) is 3.88. The van der Waals surface area contributed by atoms with E-state index in [0.717, 1.165) is 37.8 Å². The normalized spacial score (nSPS) is 16.5. The molecule has 5 heteroatoms. The fraction of sp³-hybridized carbons (Fsp3) is 0.462. The summed E-state index contributed by atoms with van der Waals surface area (Å²) in [7, 11) is 0. The van der Waals surface area contributed by atoms with E-state index >= 15 is 0 Å². The molecule has 2 nitrogen and oxygen atoms in total. The van der Waals surface area contributed by atoms with E-state index in [-0.39, 0.29) is 5.56 Å². The number of benzene rings is 1. The Morgan fingerprint density at radius 2 is 1.44 bits per heavy atom. The van der Waals surface area contributed by atoms with Gasteiger partial charge in [0.1, 0.15) is 0 Å². The molecule has 0 spiro atoms. The highest BCUT2D eigenvalue weighted by atomic mass is 19.2. The smallest absolute Gasteiger partial charge is 0.254 e. The van der Waals surface area contributed by atoms with E-state index in [1.165, 1.54) is 0 Å². The van der Waals surface area contributed by atoms with Gasteiger partial charge in [0.15, 0.2) is 17.5 Å². The molecule has 0 radical (unpaired) electrons. The monoisotopic (exact) mass is 257 g/mol. The lowest BCUT2D eigenvalue weighted by atomic mass is 10.1. The molecule has 1 fully saturated rings. The predicted octanol–water partition coefficient (Wildman–Crippen LogP) is 3.12. The molecule has 0 atom stereocenters. The Bertz CT molecular complexity index is 431. The van der Waals surface area contributed by atoms with Gasteiger partial charge in [0.2, 0.25) is 0 Å². The van der Waals surface area contributed by atoms with Gasteiger partial charge in [-0.05, 0) is 25.0 Å². The number of halogens is 3. The van der Waals surface area contributed by atoms with Gasteiger partial charge >= 0.3 is 0 Å². The first kappa shape index (κ1) is 12.9. The molecular formula is C13H14F3NO. The zero-order valence-corrected chi connectivity index (χ0v) is 9.89. The van der Waals surface area contributed by atoms with Crippen LogP contribution in [0.5, 0.6) is 0 Å². The third-order valence-electron chi connectivity index (χ3n) is 3.12. The summed E-state index contributed by atoms with van der Waals surface area (Å²) in [6.45, 7) is 1.17. The third-order valence-corrected chi connectivity index (χ3v) is 3.12. The molecule has 0 N–H and O–H groups in total.